The van der Waals surface area contributed by atoms with Crippen LogP contribution in [0.2, 0.25) is 0 Å². The van der Waals surface area contributed by atoms with E-state index < -0.39 is 0 Å². The van der Waals surface area contributed by atoms with Crippen molar-refractivity contribution in [3.05, 3.63) is 47.1 Å². The van der Waals surface area contributed by atoms with Crippen molar-refractivity contribution in [3.8, 4) is 6.07 Å². The third kappa shape index (κ3) is 2.56. The number of fused-ring (bicyclic) bond motifs is 1. The van der Waals surface area contributed by atoms with Crippen molar-refractivity contribution in [1.29, 1.82) is 5.26 Å². The molecule has 2 unspecified atom stereocenters. The van der Waals surface area contributed by atoms with Gasteiger partial charge in [0.05, 0.1) is 12.0 Å². The molecule has 0 saturated heterocycles. The lowest BCUT2D eigenvalue weighted by molar-refractivity contribution is 0.265. The van der Waals surface area contributed by atoms with Crippen LogP contribution in [0.4, 0.5) is 0 Å². The molecule has 0 spiro atoms. The summed E-state index contributed by atoms with van der Waals surface area (Å²) in [5.74, 6) is 1.69. The Hall–Kier alpha value is -2.15. The number of hydrogen-bond acceptors (Lipinski definition) is 4. The minimum Gasteiger partial charge on any atom is -0.339 e. The Bertz CT molecular complexity index is 685. The second kappa shape index (κ2) is 5.33. The molecule has 21 heavy (non-hydrogen) atoms. The van der Waals surface area contributed by atoms with Gasteiger partial charge in [0, 0.05) is 12.8 Å². The van der Waals surface area contributed by atoms with Gasteiger partial charge in [-0.15, -0.1) is 0 Å². The number of nitrogens with zero attached hydrogens (tertiary/aromatic N) is 3. The van der Waals surface area contributed by atoms with Crippen LogP contribution in [0.1, 0.15) is 55.4 Å². The van der Waals surface area contributed by atoms with Crippen molar-refractivity contribution in [2.45, 2.75) is 45.4 Å². The van der Waals surface area contributed by atoms with Crippen LogP contribution in [0.25, 0.3) is 0 Å². The van der Waals surface area contributed by atoms with E-state index in [-0.39, 0.29) is 11.3 Å². The first kappa shape index (κ1) is 13.8. The fraction of sp³-hybridized carbons (Fsp3) is 0.471. The molecule has 4 nitrogen and oxygen atoms in total. The lowest BCUT2D eigenvalue weighted by Crippen LogP contribution is -2.20. The number of rotatable bonds is 5. The van der Waals surface area contributed by atoms with Crippen LogP contribution < -0.4 is 0 Å². The number of benzene rings is 1. The van der Waals surface area contributed by atoms with Gasteiger partial charge >= 0.3 is 0 Å². The molecule has 108 valence electrons. The van der Waals surface area contributed by atoms with Crippen molar-refractivity contribution < 1.29 is 4.52 Å². The quantitative estimate of drug-likeness (QED) is 0.839. The number of aromatic nitrogens is 2. The van der Waals surface area contributed by atoms with Crippen molar-refractivity contribution in [2.75, 3.05) is 0 Å². The van der Waals surface area contributed by atoms with Gasteiger partial charge in [0.15, 0.2) is 5.82 Å². The molecule has 2 aromatic rings. The van der Waals surface area contributed by atoms with Gasteiger partial charge in [-0.3, -0.25) is 0 Å². The molecule has 0 bridgehead atoms. The number of nitriles is 1. The van der Waals surface area contributed by atoms with Crippen LogP contribution in [0, 0.1) is 16.7 Å². The predicted molar refractivity (Wildman–Crippen MR) is 78.6 cm³/mol. The Morgan fingerprint density at radius 1 is 1.43 bits per heavy atom. The van der Waals surface area contributed by atoms with Gasteiger partial charge in [0.2, 0.25) is 5.89 Å². The average Bonchev–Trinajstić information content (AvgIpc) is 2.88. The average molecular weight is 281 g/mol. The maximum Gasteiger partial charge on any atom is 0.227 e. The Kier molecular flexibility index (Phi) is 3.50. The number of hydrogen-bond donors (Lipinski definition) is 0. The van der Waals surface area contributed by atoms with E-state index in [2.05, 4.69) is 48.3 Å². The third-order valence-corrected chi connectivity index (χ3v) is 4.59. The topological polar surface area (TPSA) is 62.7 Å². The van der Waals surface area contributed by atoms with Crippen molar-refractivity contribution in [2.24, 2.45) is 5.41 Å². The molecular formula is C17H19N3O. The SMILES string of the molecule is CCC(C)(CC#N)Cc1nc(C2Cc3ccccc32)no1. The summed E-state index contributed by atoms with van der Waals surface area (Å²) in [6.45, 7) is 4.19. The van der Waals surface area contributed by atoms with E-state index in [0.717, 1.165) is 18.7 Å². The first-order valence-electron chi connectivity index (χ1n) is 7.42. The lowest BCUT2D eigenvalue weighted by atomic mass is 9.77. The summed E-state index contributed by atoms with van der Waals surface area (Å²) in [4.78, 5) is 4.56. The summed E-state index contributed by atoms with van der Waals surface area (Å²) in [6.07, 6.45) is 3.08. The minimum atomic E-state index is -0.0872. The lowest BCUT2D eigenvalue weighted by Gasteiger charge is -2.27. The monoisotopic (exact) mass is 281 g/mol. The predicted octanol–water partition coefficient (Wildman–Crippen LogP) is 3.63. The first-order chi connectivity index (χ1) is 10.1. The molecule has 0 fully saturated rings. The summed E-state index contributed by atoms with van der Waals surface area (Å²) in [7, 11) is 0. The van der Waals surface area contributed by atoms with Crippen LogP contribution >= 0.6 is 0 Å². The maximum absolute atomic E-state index is 8.94. The molecule has 1 aromatic heterocycles. The highest BCUT2D eigenvalue weighted by Crippen LogP contribution is 2.39. The van der Waals surface area contributed by atoms with Crippen LogP contribution in [0.15, 0.2) is 28.8 Å². The molecule has 1 aliphatic rings. The Labute approximate surface area is 124 Å². The third-order valence-electron chi connectivity index (χ3n) is 4.59. The molecular weight excluding hydrogens is 262 g/mol. The first-order valence-corrected chi connectivity index (χ1v) is 7.42. The van der Waals surface area contributed by atoms with Gasteiger partial charge in [-0.25, -0.2) is 0 Å². The molecule has 0 saturated carbocycles. The van der Waals surface area contributed by atoms with Crippen LogP contribution in [-0.2, 0) is 12.8 Å². The smallest absolute Gasteiger partial charge is 0.227 e. The van der Waals surface area contributed by atoms with E-state index in [4.69, 9.17) is 9.78 Å². The molecule has 0 radical (unpaired) electrons. The van der Waals surface area contributed by atoms with Crippen LogP contribution in [0.3, 0.4) is 0 Å². The standard InChI is InChI=1S/C17H19N3O/c1-3-17(2,8-9-18)11-15-19-16(20-21-15)14-10-12-6-4-5-7-13(12)14/h4-7,14H,3,8,10-11H2,1-2H3. The van der Waals surface area contributed by atoms with Gasteiger partial charge < -0.3 is 4.52 Å². The fourth-order valence-corrected chi connectivity index (χ4v) is 2.84. The van der Waals surface area contributed by atoms with Gasteiger partial charge in [-0.1, -0.05) is 43.3 Å². The van der Waals surface area contributed by atoms with Gasteiger partial charge in [0.25, 0.3) is 0 Å². The molecule has 1 aliphatic carbocycles. The van der Waals surface area contributed by atoms with E-state index in [1.165, 1.54) is 11.1 Å². The molecule has 2 atom stereocenters. The second-order valence-corrected chi connectivity index (χ2v) is 6.18. The molecule has 0 amide bonds. The summed E-state index contributed by atoms with van der Waals surface area (Å²) in [6, 6.07) is 10.6. The molecule has 1 heterocycles. The van der Waals surface area contributed by atoms with Gasteiger partial charge in [-0.05, 0) is 29.4 Å². The van der Waals surface area contributed by atoms with E-state index in [1.807, 2.05) is 6.07 Å². The highest BCUT2D eigenvalue weighted by atomic mass is 16.5. The van der Waals surface area contributed by atoms with E-state index >= 15 is 0 Å². The Morgan fingerprint density at radius 3 is 2.95 bits per heavy atom. The van der Waals surface area contributed by atoms with E-state index in [1.54, 1.807) is 0 Å². The summed E-state index contributed by atoms with van der Waals surface area (Å²) < 4.78 is 5.41. The van der Waals surface area contributed by atoms with Gasteiger partial charge in [0.1, 0.15) is 0 Å². The summed E-state index contributed by atoms with van der Waals surface area (Å²) >= 11 is 0. The molecule has 0 aliphatic heterocycles. The van der Waals surface area contributed by atoms with Crippen molar-refractivity contribution >= 4 is 0 Å². The molecule has 4 heteroatoms. The maximum atomic E-state index is 8.94. The minimum absolute atomic E-state index is 0.0872. The zero-order valence-electron chi connectivity index (χ0n) is 12.5. The molecule has 1 aromatic carbocycles. The van der Waals surface area contributed by atoms with E-state index in [0.29, 0.717) is 18.7 Å². The van der Waals surface area contributed by atoms with Crippen LogP contribution in [-0.4, -0.2) is 10.1 Å². The zero-order valence-corrected chi connectivity index (χ0v) is 12.5. The zero-order chi connectivity index (χ0) is 14.9. The molecule has 0 N–H and O–H groups in total. The van der Waals surface area contributed by atoms with Crippen molar-refractivity contribution in [1.82, 2.24) is 10.1 Å². The Morgan fingerprint density at radius 2 is 2.24 bits per heavy atom. The summed E-state index contributed by atoms with van der Waals surface area (Å²) in [5.41, 5.74) is 2.59. The van der Waals surface area contributed by atoms with Gasteiger partial charge in [-0.2, -0.15) is 10.2 Å². The fourth-order valence-electron chi connectivity index (χ4n) is 2.84. The second-order valence-electron chi connectivity index (χ2n) is 6.18. The highest BCUT2D eigenvalue weighted by molar-refractivity contribution is 5.43. The van der Waals surface area contributed by atoms with E-state index in [9.17, 15) is 0 Å². The van der Waals surface area contributed by atoms with Crippen LogP contribution in [0.5, 0.6) is 0 Å². The summed E-state index contributed by atoms with van der Waals surface area (Å²) in [5, 5.41) is 13.1. The largest absolute Gasteiger partial charge is 0.339 e. The molecule has 3 rings (SSSR count). The highest BCUT2D eigenvalue weighted by Gasteiger charge is 2.32. The Balaban J connectivity index is 1.75. The normalized spacial score (nSPS) is 19.2. The van der Waals surface area contributed by atoms with Crippen molar-refractivity contribution in [3.63, 3.8) is 0 Å².